The molecule has 110 valence electrons. The van der Waals surface area contributed by atoms with Crippen LogP contribution >= 0.6 is 11.6 Å². The summed E-state index contributed by atoms with van der Waals surface area (Å²) in [6.45, 7) is 4.57. The molecule has 2 amide bonds. The third kappa shape index (κ3) is 3.56. The number of amides is 2. The van der Waals surface area contributed by atoms with Crippen molar-refractivity contribution in [3.63, 3.8) is 0 Å². The van der Waals surface area contributed by atoms with Gasteiger partial charge in [-0.2, -0.15) is 0 Å². The highest BCUT2D eigenvalue weighted by molar-refractivity contribution is 6.30. The highest BCUT2D eigenvalue weighted by Gasteiger charge is 2.19. The number of urea groups is 1. The molecule has 0 aliphatic rings. The zero-order chi connectivity index (χ0) is 15.4. The topological polar surface area (TPSA) is 23.6 Å². The summed E-state index contributed by atoms with van der Waals surface area (Å²) in [5.74, 6) is 0. The molecular weight excluding hydrogens is 284 g/mol. The Labute approximate surface area is 130 Å². The van der Waals surface area contributed by atoms with Crippen molar-refractivity contribution in [1.82, 2.24) is 0 Å². The van der Waals surface area contributed by atoms with Crippen molar-refractivity contribution in [2.45, 2.75) is 13.8 Å². The number of carbonyl (C=O) groups is 1. The van der Waals surface area contributed by atoms with E-state index in [0.717, 1.165) is 11.4 Å². The van der Waals surface area contributed by atoms with Crippen molar-refractivity contribution in [2.24, 2.45) is 0 Å². The number of hydrogen-bond donors (Lipinski definition) is 0. The number of halogens is 1. The van der Waals surface area contributed by atoms with Gasteiger partial charge in [-0.3, -0.25) is 9.80 Å². The van der Waals surface area contributed by atoms with Gasteiger partial charge in [-0.15, -0.1) is 0 Å². The van der Waals surface area contributed by atoms with Gasteiger partial charge in [-0.05, 0) is 50.2 Å². The Morgan fingerprint density at radius 3 is 2.05 bits per heavy atom. The van der Waals surface area contributed by atoms with Gasteiger partial charge in [0.25, 0.3) is 0 Å². The maximum atomic E-state index is 12.7. The first kappa shape index (κ1) is 15.4. The average Bonchev–Trinajstić information content (AvgIpc) is 2.50. The van der Waals surface area contributed by atoms with Crippen LogP contribution in [0.2, 0.25) is 5.02 Å². The van der Waals surface area contributed by atoms with Gasteiger partial charge in [-0.1, -0.05) is 29.3 Å². The zero-order valence-corrected chi connectivity index (χ0v) is 13.3. The number of rotatable bonds is 3. The summed E-state index contributed by atoms with van der Waals surface area (Å²) in [5.41, 5.74) is 2.88. The molecule has 0 radical (unpaired) electrons. The molecule has 0 atom stereocenters. The summed E-state index contributed by atoms with van der Waals surface area (Å²) in [7, 11) is 1.78. The smallest absolute Gasteiger partial charge is 0.297 e. The molecule has 2 aromatic carbocycles. The van der Waals surface area contributed by atoms with E-state index in [1.54, 1.807) is 29.0 Å². The predicted octanol–water partition coefficient (Wildman–Crippen LogP) is 4.73. The second-order valence-electron chi connectivity index (χ2n) is 4.90. The van der Waals surface area contributed by atoms with Gasteiger partial charge in [0.15, 0.2) is 0 Å². The quantitative estimate of drug-likeness (QED) is 0.804. The van der Waals surface area contributed by atoms with Crippen LogP contribution in [-0.4, -0.2) is 19.6 Å². The SMILES string of the molecule is CCN(C(=O)N(C)c1ccc(C)cc1)c1ccc(Cl)cc1. The van der Waals surface area contributed by atoms with Crippen LogP contribution in [0.25, 0.3) is 0 Å². The van der Waals surface area contributed by atoms with Gasteiger partial charge in [0, 0.05) is 30.0 Å². The molecule has 2 aromatic rings. The molecule has 0 bridgehead atoms. The van der Waals surface area contributed by atoms with Gasteiger partial charge in [0.05, 0.1) is 0 Å². The lowest BCUT2D eigenvalue weighted by Crippen LogP contribution is -2.41. The molecule has 4 heteroatoms. The number of nitrogens with zero attached hydrogens (tertiary/aromatic N) is 2. The maximum absolute atomic E-state index is 12.7. The van der Waals surface area contributed by atoms with Crippen LogP contribution in [-0.2, 0) is 0 Å². The Morgan fingerprint density at radius 1 is 1.00 bits per heavy atom. The Bertz CT molecular complexity index is 608. The van der Waals surface area contributed by atoms with Crippen LogP contribution in [0.1, 0.15) is 12.5 Å². The molecule has 0 aliphatic heterocycles. The van der Waals surface area contributed by atoms with Crippen LogP contribution < -0.4 is 9.80 Å². The van der Waals surface area contributed by atoms with Crippen molar-refractivity contribution in [3.05, 3.63) is 59.1 Å². The Morgan fingerprint density at radius 2 is 1.52 bits per heavy atom. The highest BCUT2D eigenvalue weighted by atomic mass is 35.5. The van der Waals surface area contributed by atoms with Crippen molar-refractivity contribution < 1.29 is 4.79 Å². The summed E-state index contributed by atoms with van der Waals surface area (Å²) in [5, 5.41) is 0.661. The van der Waals surface area contributed by atoms with E-state index in [-0.39, 0.29) is 6.03 Å². The van der Waals surface area contributed by atoms with Crippen molar-refractivity contribution >= 4 is 29.0 Å². The summed E-state index contributed by atoms with van der Waals surface area (Å²) in [6, 6.07) is 15.1. The first-order chi connectivity index (χ1) is 10.0. The molecular formula is C17H19ClN2O. The van der Waals surface area contributed by atoms with Gasteiger partial charge >= 0.3 is 6.03 Å². The minimum atomic E-state index is -0.0660. The molecule has 0 unspecified atom stereocenters. The maximum Gasteiger partial charge on any atom is 0.328 e. The third-order valence-corrected chi connectivity index (χ3v) is 3.65. The van der Waals surface area contributed by atoms with Gasteiger partial charge in [0.2, 0.25) is 0 Å². The lowest BCUT2D eigenvalue weighted by Gasteiger charge is -2.27. The number of anilines is 2. The van der Waals surface area contributed by atoms with Crippen molar-refractivity contribution in [3.8, 4) is 0 Å². The summed E-state index contributed by atoms with van der Waals surface area (Å²) >= 11 is 5.90. The lowest BCUT2D eigenvalue weighted by molar-refractivity contribution is 0.253. The first-order valence-corrected chi connectivity index (χ1v) is 7.28. The lowest BCUT2D eigenvalue weighted by atomic mass is 10.2. The monoisotopic (exact) mass is 302 g/mol. The van der Waals surface area contributed by atoms with E-state index >= 15 is 0 Å². The van der Waals surface area contributed by atoms with Crippen molar-refractivity contribution in [2.75, 3.05) is 23.4 Å². The molecule has 0 N–H and O–H groups in total. The fourth-order valence-electron chi connectivity index (χ4n) is 2.11. The summed E-state index contributed by atoms with van der Waals surface area (Å²) in [6.07, 6.45) is 0. The number of benzene rings is 2. The van der Waals surface area contributed by atoms with Crippen LogP contribution in [0.4, 0.5) is 16.2 Å². The van der Waals surface area contributed by atoms with E-state index in [9.17, 15) is 4.79 Å². The van der Waals surface area contributed by atoms with Gasteiger partial charge in [-0.25, -0.2) is 4.79 Å². The van der Waals surface area contributed by atoms with Gasteiger partial charge in [0.1, 0.15) is 0 Å². The molecule has 21 heavy (non-hydrogen) atoms. The second kappa shape index (κ2) is 6.64. The Balaban J connectivity index is 2.23. The molecule has 0 aliphatic carbocycles. The molecule has 0 aromatic heterocycles. The van der Waals surface area contributed by atoms with Crippen molar-refractivity contribution in [1.29, 1.82) is 0 Å². The van der Waals surface area contributed by atoms with Crippen LogP contribution in [0.3, 0.4) is 0 Å². The summed E-state index contributed by atoms with van der Waals surface area (Å²) < 4.78 is 0. The van der Waals surface area contributed by atoms with E-state index in [2.05, 4.69) is 0 Å². The van der Waals surface area contributed by atoms with Gasteiger partial charge < -0.3 is 0 Å². The molecule has 0 saturated heterocycles. The molecule has 2 rings (SSSR count). The number of carbonyl (C=O) groups excluding carboxylic acids is 1. The van der Waals surface area contributed by atoms with Crippen LogP contribution in [0.5, 0.6) is 0 Å². The standard InChI is InChI=1S/C17H19ClN2O/c1-4-20(16-11-7-14(18)8-12-16)17(21)19(3)15-9-5-13(2)6-10-15/h5-12H,4H2,1-3H3. The minimum absolute atomic E-state index is 0.0660. The van der Waals surface area contributed by atoms with E-state index in [1.165, 1.54) is 5.56 Å². The van der Waals surface area contributed by atoms with E-state index in [1.807, 2.05) is 50.2 Å². The van der Waals surface area contributed by atoms with E-state index < -0.39 is 0 Å². The van der Waals surface area contributed by atoms with E-state index in [4.69, 9.17) is 11.6 Å². The fourth-order valence-corrected chi connectivity index (χ4v) is 2.24. The fraction of sp³-hybridized carbons (Fsp3) is 0.235. The summed E-state index contributed by atoms with van der Waals surface area (Å²) in [4.78, 5) is 16.0. The molecule has 0 spiro atoms. The Hall–Kier alpha value is -2.00. The number of aryl methyl sites for hydroxylation is 1. The normalized spacial score (nSPS) is 10.3. The van der Waals surface area contributed by atoms with E-state index in [0.29, 0.717) is 11.6 Å². The third-order valence-electron chi connectivity index (χ3n) is 3.39. The van der Waals surface area contributed by atoms with Crippen LogP contribution in [0, 0.1) is 6.92 Å². The minimum Gasteiger partial charge on any atom is -0.297 e. The Kier molecular flexibility index (Phi) is 4.86. The molecule has 0 heterocycles. The van der Waals surface area contributed by atoms with Crippen LogP contribution in [0.15, 0.2) is 48.5 Å². The molecule has 0 fully saturated rings. The molecule has 3 nitrogen and oxygen atoms in total. The molecule has 0 saturated carbocycles. The highest BCUT2D eigenvalue weighted by Crippen LogP contribution is 2.21. The first-order valence-electron chi connectivity index (χ1n) is 6.90. The zero-order valence-electron chi connectivity index (χ0n) is 12.5. The number of hydrogen-bond acceptors (Lipinski definition) is 1. The largest absolute Gasteiger partial charge is 0.328 e. The second-order valence-corrected chi connectivity index (χ2v) is 5.33. The predicted molar refractivity (Wildman–Crippen MR) is 89.5 cm³/mol. The average molecular weight is 303 g/mol.